The molecule has 0 aromatic heterocycles. The van der Waals surface area contributed by atoms with E-state index in [1.165, 1.54) is 17.0 Å². The van der Waals surface area contributed by atoms with Gasteiger partial charge in [0.2, 0.25) is 0 Å². The molecule has 5 heteroatoms. The molecule has 1 amide bonds. The molecule has 1 atom stereocenters. The standard InChI is InChI=1S/C12H15FN2O2/c1-7-12(16)15(2)10-6-9(13)5-8(3-4-14)11(10)17-7/h5-7H,3-4,14H2,1-2H3. The minimum absolute atomic E-state index is 0.179. The van der Waals surface area contributed by atoms with Gasteiger partial charge in [0, 0.05) is 18.7 Å². The van der Waals surface area contributed by atoms with Crippen molar-refractivity contribution in [2.24, 2.45) is 5.73 Å². The molecule has 1 aromatic carbocycles. The van der Waals surface area contributed by atoms with Crippen LogP contribution < -0.4 is 15.4 Å². The number of carbonyl (C=O) groups is 1. The molecule has 1 aliphatic heterocycles. The van der Waals surface area contributed by atoms with Crippen LogP contribution in [0.1, 0.15) is 12.5 Å². The minimum Gasteiger partial charge on any atom is -0.478 e. The first-order valence-corrected chi connectivity index (χ1v) is 5.51. The van der Waals surface area contributed by atoms with Crippen LogP contribution in [0.5, 0.6) is 5.75 Å². The van der Waals surface area contributed by atoms with E-state index in [9.17, 15) is 9.18 Å². The Balaban J connectivity index is 2.54. The van der Waals surface area contributed by atoms with Gasteiger partial charge in [0.15, 0.2) is 6.10 Å². The molecule has 17 heavy (non-hydrogen) atoms. The molecule has 0 spiro atoms. The first-order chi connectivity index (χ1) is 8.04. The van der Waals surface area contributed by atoms with Crippen LogP contribution in [0.3, 0.4) is 0 Å². The zero-order chi connectivity index (χ0) is 12.6. The molecule has 0 saturated heterocycles. The zero-order valence-corrected chi connectivity index (χ0v) is 9.87. The van der Waals surface area contributed by atoms with Crippen molar-refractivity contribution in [3.05, 3.63) is 23.5 Å². The highest BCUT2D eigenvalue weighted by Gasteiger charge is 2.30. The Morgan fingerprint density at radius 3 is 2.88 bits per heavy atom. The third kappa shape index (κ3) is 1.98. The number of anilines is 1. The second-order valence-corrected chi connectivity index (χ2v) is 4.11. The van der Waals surface area contributed by atoms with Crippen molar-refractivity contribution in [2.75, 3.05) is 18.5 Å². The Kier molecular flexibility index (Phi) is 3.02. The van der Waals surface area contributed by atoms with E-state index in [4.69, 9.17) is 10.5 Å². The first-order valence-electron chi connectivity index (χ1n) is 5.51. The van der Waals surface area contributed by atoms with Gasteiger partial charge in [-0.2, -0.15) is 0 Å². The van der Waals surface area contributed by atoms with Crippen LogP contribution >= 0.6 is 0 Å². The number of nitrogens with zero attached hydrogens (tertiary/aromatic N) is 1. The topological polar surface area (TPSA) is 55.6 Å². The Morgan fingerprint density at radius 1 is 1.53 bits per heavy atom. The molecule has 0 bridgehead atoms. The summed E-state index contributed by atoms with van der Waals surface area (Å²) >= 11 is 0. The number of nitrogens with two attached hydrogens (primary N) is 1. The predicted molar refractivity (Wildman–Crippen MR) is 62.7 cm³/mol. The molecule has 1 heterocycles. The summed E-state index contributed by atoms with van der Waals surface area (Å²) < 4.78 is 19.0. The van der Waals surface area contributed by atoms with Crippen molar-refractivity contribution >= 4 is 11.6 Å². The average molecular weight is 238 g/mol. The second-order valence-electron chi connectivity index (χ2n) is 4.11. The van der Waals surface area contributed by atoms with E-state index < -0.39 is 6.10 Å². The van der Waals surface area contributed by atoms with Gasteiger partial charge in [0.25, 0.3) is 5.91 Å². The van der Waals surface area contributed by atoms with Crippen molar-refractivity contribution in [2.45, 2.75) is 19.4 Å². The molecule has 1 unspecified atom stereocenters. The minimum atomic E-state index is -0.547. The van der Waals surface area contributed by atoms with Crippen molar-refractivity contribution in [3.63, 3.8) is 0 Å². The summed E-state index contributed by atoms with van der Waals surface area (Å²) in [6.45, 7) is 2.09. The summed E-state index contributed by atoms with van der Waals surface area (Å²) in [6, 6.07) is 2.71. The van der Waals surface area contributed by atoms with E-state index in [1.807, 2.05) is 0 Å². The number of hydrogen-bond acceptors (Lipinski definition) is 3. The van der Waals surface area contributed by atoms with Crippen molar-refractivity contribution in [1.29, 1.82) is 0 Å². The quantitative estimate of drug-likeness (QED) is 0.838. The maximum atomic E-state index is 13.4. The lowest BCUT2D eigenvalue weighted by molar-refractivity contribution is -0.125. The number of fused-ring (bicyclic) bond motifs is 1. The maximum Gasteiger partial charge on any atom is 0.267 e. The van der Waals surface area contributed by atoms with Gasteiger partial charge in [0.05, 0.1) is 5.69 Å². The SMILES string of the molecule is CC1Oc2c(CCN)cc(F)cc2N(C)C1=O. The van der Waals surface area contributed by atoms with E-state index in [2.05, 4.69) is 0 Å². The predicted octanol–water partition coefficient (Wildman–Crippen LogP) is 1.07. The normalized spacial score (nSPS) is 18.9. The molecule has 0 saturated carbocycles. The molecule has 2 N–H and O–H groups in total. The van der Waals surface area contributed by atoms with Gasteiger partial charge in [0.1, 0.15) is 11.6 Å². The fourth-order valence-corrected chi connectivity index (χ4v) is 1.98. The average Bonchev–Trinajstić information content (AvgIpc) is 2.28. The molecule has 0 radical (unpaired) electrons. The fraction of sp³-hybridized carbons (Fsp3) is 0.417. The smallest absolute Gasteiger partial charge is 0.267 e. The van der Waals surface area contributed by atoms with Gasteiger partial charge < -0.3 is 15.4 Å². The van der Waals surface area contributed by atoms with Crippen LogP contribution in [0, 0.1) is 5.82 Å². The molecule has 0 aliphatic carbocycles. The van der Waals surface area contributed by atoms with Crippen LogP contribution in [0.2, 0.25) is 0 Å². The number of likely N-dealkylation sites (N-methyl/N-ethyl adjacent to an activating group) is 1. The van der Waals surface area contributed by atoms with E-state index in [-0.39, 0.29) is 11.7 Å². The van der Waals surface area contributed by atoms with E-state index in [1.54, 1.807) is 14.0 Å². The van der Waals surface area contributed by atoms with Crippen LogP contribution in [-0.4, -0.2) is 25.6 Å². The monoisotopic (exact) mass is 238 g/mol. The van der Waals surface area contributed by atoms with Crippen LogP contribution in [-0.2, 0) is 11.2 Å². The summed E-state index contributed by atoms with van der Waals surface area (Å²) in [4.78, 5) is 13.1. The Hall–Kier alpha value is -1.62. The Labute approximate surface area is 99.2 Å². The number of amides is 1. The first kappa shape index (κ1) is 11.9. The summed E-state index contributed by atoms with van der Waals surface area (Å²) in [7, 11) is 1.62. The van der Waals surface area contributed by atoms with E-state index in [0.29, 0.717) is 30.0 Å². The summed E-state index contributed by atoms with van der Waals surface area (Å²) in [5.74, 6) is -0.00162. The zero-order valence-electron chi connectivity index (χ0n) is 9.87. The van der Waals surface area contributed by atoms with E-state index >= 15 is 0 Å². The molecule has 0 fully saturated rings. The van der Waals surface area contributed by atoms with Gasteiger partial charge >= 0.3 is 0 Å². The van der Waals surface area contributed by atoms with Crippen molar-refractivity contribution < 1.29 is 13.9 Å². The Morgan fingerprint density at radius 2 is 2.24 bits per heavy atom. The van der Waals surface area contributed by atoms with Crippen LogP contribution in [0.25, 0.3) is 0 Å². The highest BCUT2D eigenvalue weighted by Crippen LogP contribution is 2.37. The number of rotatable bonds is 2. The number of benzene rings is 1. The largest absolute Gasteiger partial charge is 0.478 e. The summed E-state index contributed by atoms with van der Waals surface area (Å²) in [6.07, 6.45) is -0.0241. The van der Waals surface area contributed by atoms with Gasteiger partial charge in [-0.05, 0) is 26.0 Å². The third-order valence-electron chi connectivity index (χ3n) is 2.86. The van der Waals surface area contributed by atoms with Gasteiger partial charge in [-0.25, -0.2) is 4.39 Å². The number of carbonyl (C=O) groups excluding carboxylic acids is 1. The number of hydrogen-bond donors (Lipinski definition) is 1. The number of halogens is 1. The van der Waals surface area contributed by atoms with Crippen LogP contribution in [0.4, 0.5) is 10.1 Å². The lowest BCUT2D eigenvalue weighted by Crippen LogP contribution is -2.42. The van der Waals surface area contributed by atoms with Gasteiger partial charge in [-0.15, -0.1) is 0 Å². The molecular weight excluding hydrogens is 223 g/mol. The summed E-state index contributed by atoms with van der Waals surface area (Å²) in [5.41, 5.74) is 6.65. The van der Waals surface area contributed by atoms with Crippen LogP contribution in [0.15, 0.2) is 12.1 Å². The lowest BCUT2D eigenvalue weighted by Gasteiger charge is -2.31. The van der Waals surface area contributed by atoms with Gasteiger partial charge in [-0.1, -0.05) is 0 Å². The molecular formula is C12H15FN2O2. The Bertz CT molecular complexity index is 462. The number of ether oxygens (including phenoxy) is 1. The maximum absolute atomic E-state index is 13.4. The molecule has 4 nitrogen and oxygen atoms in total. The molecule has 1 aromatic rings. The highest BCUT2D eigenvalue weighted by molar-refractivity contribution is 5.99. The second kappa shape index (κ2) is 4.33. The molecule has 2 rings (SSSR count). The molecule has 92 valence electrons. The van der Waals surface area contributed by atoms with Crippen molar-refractivity contribution in [3.8, 4) is 5.75 Å². The third-order valence-corrected chi connectivity index (χ3v) is 2.86. The molecule has 1 aliphatic rings. The summed E-state index contributed by atoms with van der Waals surface area (Å²) in [5, 5.41) is 0. The fourth-order valence-electron chi connectivity index (χ4n) is 1.98. The van der Waals surface area contributed by atoms with E-state index in [0.717, 1.165) is 0 Å². The highest BCUT2D eigenvalue weighted by atomic mass is 19.1. The lowest BCUT2D eigenvalue weighted by atomic mass is 10.1. The van der Waals surface area contributed by atoms with Crippen molar-refractivity contribution in [1.82, 2.24) is 0 Å². The van der Waals surface area contributed by atoms with Gasteiger partial charge in [-0.3, -0.25) is 4.79 Å².